The fourth-order valence-corrected chi connectivity index (χ4v) is 2.98. The van der Waals surface area contributed by atoms with Gasteiger partial charge in [-0.15, -0.1) is 0 Å². The minimum atomic E-state index is -0.924. The molecule has 1 aromatic heterocycles. The number of carbonyl (C=O) groups excluding carboxylic acids is 3. The minimum absolute atomic E-state index is 0.0896. The first-order chi connectivity index (χ1) is 14.3. The van der Waals surface area contributed by atoms with Gasteiger partial charge in [-0.2, -0.15) is 0 Å². The summed E-state index contributed by atoms with van der Waals surface area (Å²) in [5, 5.41) is 0. The minimum Gasteiger partial charge on any atom is -0.464 e. The van der Waals surface area contributed by atoms with Crippen LogP contribution < -0.4 is 5.76 Å². The summed E-state index contributed by atoms with van der Waals surface area (Å²) in [7, 11) is 0. The molecule has 2 rings (SSSR count). The van der Waals surface area contributed by atoms with E-state index in [2.05, 4.69) is 0 Å². The van der Waals surface area contributed by atoms with Gasteiger partial charge in [0.05, 0.1) is 19.4 Å². The van der Waals surface area contributed by atoms with Crippen LogP contribution in [0, 0.1) is 0 Å². The average Bonchev–Trinajstić information content (AvgIpc) is 3.29. The van der Waals surface area contributed by atoms with Crippen LogP contribution in [0.2, 0.25) is 0 Å². The number of ether oxygens (including phenoxy) is 3. The number of rotatable bonds is 11. The summed E-state index contributed by atoms with van der Waals surface area (Å²) in [5.41, 5.74) is 0. The third kappa shape index (κ3) is 5.43. The van der Waals surface area contributed by atoms with Gasteiger partial charge in [-0.25, -0.2) is 19.2 Å². The van der Waals surface area contributed by atoms with Crippen LogP contribution in [0.15, 0.2) is 15.4 Å². The maximum atomic E-state index is 12.3. The number of cyclic esters (lactones) is 1. The zero-order valence-electron chi connectivity index (χ0n) is 17.9. The van der Waals surface area contributed by atoms with Gasteiger partial charge in [-0.1, -0.05) is 26.7 Å². The molecule has 0 N–H and O–H groups in total. The molecule has 1 aliphatic rings. The van der Waals surface area contributed by atoms with Gasteiger partial charge in [0.15, 0.2) is 5.76 Å². The molecule has 0 saturated carbocycles. The third-order valence-corrected chi connectivity index (χ3v) is 4.92. The standard InChI is InChI=1S/C20H30N2O8/c1-5-7-9-27-17(23)13(3)21-11-16(30-19(21)25)15-12-29-20(26)22(15)14(4)18(24)28-10-8-6-2/h11,13-15H,5-10,12H2,1-4H3/t13-,14-,15?/m1/s1. The van der Waals surface area contributed by atoms with Gasteiger partial charge >= 0.3 is 23.8 Å². The molecular weight excluding hydrogens is 396 g/mol. The van der Waals surface area contributed by atoms with Gasteiger partial charge < -0.3 is 18.6 Å². The van der Waals surface area contributed by atoms with E-state index < -0.39 is 41.9 Å². The molecule has 1 saturated heterocycles. The monoisotopic (exact) mass is 426 g/mol. The average molecular weight is 426 g/mol. The van der Waals surface area contributed by atoms with E-state index in [4.69, 9.17) is 18.6 Å². The number of oxazole rings is 1. The Balaban J connectivity index is 2.15. The number of aromatic nitrogens is 1. The quantitative estimate of drug-likeness (QED) is 0.301. The Labute approximate surface area is 175 Å². The molecule has 0 radical (unpaired) electrons. The maximum absolute atomic E-state index is 12.3. The molecule has 3 atom stereocenters. The van der Waals surface area contributed by atoms with Crippen molar-refractivity contribution in [2.24, 2.45) is 0 Å². The van der Waals surface area contributed by atoms with E-state index in [1.165, 1.54) is 24.9 Å². The van der Waals surface area contributed by atoms with Crippen LogP contribution in [0.1, 0.15) is 71.2 Å². The van der Waals surface area contributed by atoms with Crippen LogP contribution in [0.4, 0.5) is 4.79 Å². The van der Waals surface area contributed by atoms with Crippen molar-refractivity contribution < 1.29 is 33.0 Å². The first-order valence-corrected chi connectivity index (χ1v) is 10.3. The second-order valence-corrected chi connectivity index (χ2v) is 7.20. The largest absolute Gasteiger partial charge is 0.464 e. The fourth-order valence-electron chi connectivity index (χ4n) is 2.98. The summed E-state index contributed by atoms with van der Waals surface area (Å²) in [5.74, 6) is -1.77. The molecular formula is C20H30N2O8. The highest BCUT2D eigenvalue weighted by Gasteiger charge is 2.43. The summed E-state index contributed by atoms with van der Waals surface area (Å²) in [6.45, 7) is 7.44. The van der Waals surface area contributed by atoms with E-state index in [9.17, 15) is 19.2 Å². The van der Waals surface area contributed by atoms with Gasteiger partial charge in [-0.3, -0.25) is 9.47 Å². The summed E-state index contributed by atoms with van der Waals surface area (Å²) < 4.78 is 21.8. The molecule has 1 fully saturated rings. The van der Waals surface area contributed by atoms with Crippen molar-refractivity contribution in [2.45, 2.75) is 71.5 Å². The third-order valence-electron chi connectivity index (χ3n) is 4.92. The van der Waals surface area contributed by atoms with Crippen molar-refractivity contribution in [2.75, 3.05) is 19.8 Å². The summed E-state index contributed by atoms with van der Waals surface area (Å²) in [6.07, 6.45) is 3.84. The molecule has 30 heavy (non-hydrogen) atoms. The van der Waals surface area contributed by atoms with E-state index in [-0.39, 0.29) is 25.6 Å². The first kappa shape index (κ1) is 23.5. The molecule has 1 aliphatic heterocycles. The van der Waals surface area contributed by atoms with Crippen LogP contribution >= 0.6 is 0 Å². The molecule has 10 nitrogen and oxygen atoms in total. The van der Waals surface area contributed by atoms with Crippen LogP contribution in [0.5, 0.6) is 0 Å². The zero-order chi connectivity index (χ0) is 22.3. The van der Waals surface area contributed by atoms with Crippen molar-refractivity contribution >= 4 is 18.0 Å². The summed E-state index contributed by atoms with van der Waals surface area (Å²) in [4.78, 5) is 50.1. The van der Waals surface area contributed by atoms with Crippen LogP contribution in [-0.2, 0) is 23.8 Å². The number of amides is 1. The van der Waals surface area contributed by atoms with E-state index >= 15 is 0 Å². The predicted molar refractivity (Wildman–Crippen MR) is 105 cm³/mol. The number of hydrogen-bond acceptors (Lipinski definition) is 8. The van der Waals surface area contributed by atoms with Gasteiger partial charge in [-0.05, 0) is 26.7 Å². The summed E-state index contributed by atoms with van der Waals surface area (Å²) >= 11 is 0. The molecule has 1 aromatic rings. The van der Waals surface area contributed by atoms with Gasteiger partial charge in [0.2, 0.25) is 0 Å². The second kappa shape index (κ2) is 10.8. The number of nitrogens with zero attached hydrogens (tertiary/aromatic N) is 2. The predicted octanol–water partition coefficient (Wildman–Crippen LogP) is 2.57. The lowest BCUT2D eigenvalue weighted by Crippen LogP contribution is -2.42. The van der Waals surface area contributed by atoms with Crippen LogP contribution in [-0.4, -0.2) is 53.4 Å². The molecule has 0 aromatic carbocycles. The Morgan fingerprint density at radius 2 is 1.63 bits per heavy atom. The van der Waals surface area contributed by atoms with E-state index in [0.29, 0.717) is 0 Å². The second-order valence-electron chi connectivity index (χ2n) is 7.20. The van der Waals surface area contributed by atoms with E-state index in [0.717, 1.165) is 30.3 Å². The lowest BCUT2D eigenvalue weighted by molar-refractivity contribution is -0.149. The molecule has 0 spiro atoms. The first-order valence-electron chi connectivity index (χ1n) is 10.3. The molecule has 1 amide bonds. The molecule has 1 unspecified atom stereocenters. The molecule has 2 heterocycles. The summed E-state index contributed by atoms with van der Waals surface area (Å²) in [6, 6.07) is -2.61. The Morgan fingerprint density at radius 3 is 2.20 bits per heavy atom. The van der Waals surface area contributed by atoms with E-state index in [1.54, 1.807) is 0 Å². The topological polar surface area (TPSA) is 117 Å². The van der Waals surface area contributed by atoms with Crippen molar-refractivity contribution in [3.8, 4) is 0 Å². The Kier molecular flexibility index (Phi) is 8.49. The van der Waals surface area contributed by atoms with Crippen molar-refractivity contribution in [1.82, 2.24) is 9.47 Å². The van der Waals surface area contributed by atoms with E-state index in [1.807, 2.05) is 13.8 Å². The Hall–Kier alpha value is -2.78. The van der Waals surface area contributed by atoms with Gasteiger partial charge in [0.1, 0.15) is 24.7 Å². The SMILES string of the molecule is CCCCOC(=O)[C@@H](C)N1C(=O)OCC1c1cn([C@H](C)C(=O)OCCCC)c(=O)o1. The van der Waals surface area contributed by atoms with Crippen molar-refractivity contribution in [3.05, 3.63) is 22.5 Å². The highest BCUT2D eigenvalue weighted by atomic mass is 16.6. The Morgan fingerprint density at radius 1 is 1.07 bits per heavy atom. The Bertz CT molecular complexity index is 799. The lowest BCUT2D eigenvalue weighted by atomic mass is 10.2. The number of unbranched alkanes of at least 4 members (excludes halogenated alkanes) is 2. The van der Waals surface area contributed by atoms with Gasteiger partial charge in [0, 0.05) is 0 Å². The maximum Gasteiger partial charge on any atom is 0.420 e. The normalized spacial score (nSPS) is 18.1. The molecule has 168 valence electrons. The highest BCUT2D eigenvalue weighted by molar-refractivity contribution is 5.82. The molecule has 10 heteroatoms. The highest BCUT2D eigenvalue weighted by Crippen LogP contribution is 2.30. The fraction of sp³-hybridized carbons (Fsp3) is 0.700. The number of hydrogen-bond donors (Lipinski definition) is 0. The van der Waals surface area contributed by atoms with Gasteiger partial charge in [0.25, 0.3) is 0 Å². The van der Waals surface area contributed by atoms with Crippen molar-refractivity contribution in [3.63, 3.8) is 0 Å². The van der Waals surface area contributed by atoms with Crippen LogP contribution in [0.25, 0.3) is 0 Å². The van der Waals surface area contributed by atoms with Crippen molar-refractivity contribution in [1.29, 1.82) is 0 Å². The molecule has 0 aliphatic carbocycles. The lowest BCUT2D eigenvalue weighted by Gasteiger charge is -2.25. The number of carbonyl (C=O) groups is 3. The van der Waals surface area contributed by atoms with Crippen LogP contribution in [0.3, 0.4) is 0 Å². The number of esters is 2. The smallest absolute Gasteiger partial charge is 0.420 e. The molecule has 0 bridgehead atoms. The zero-order valence-corrected chi connectivity index (χ0v) is 17.9.